The van der Waals surface area contributed by atoms with Crippen LogP contribution in [0.5, 0.6) is 0 Å². The normalized spacial score (nSPS) is 10.9. The van der Waals surface area contributed by atoms with Crippen LogP contribution < -0.4 is 5.73 Å². The fourth-order valence-corrected chi connectivity index (χ4v) is 2.00. The van der Waals surface area contributed by atoms with E-state index in [1.54, 1.807) is 0 Å². The van der Waals surface area contributed by atoms with E-state index in [-0.39, 0.29) is 0 Å². The van der Waals surface area contributed by atoms with Crippen molar-refractivity contribution in [2.24, 2.45) is 0 Å². The van der Waals surface area contributed by atoms with Crippen LogP contribution in [0.15, 0.2) is 42.9 Å². The number of anilines is 1. The molecule has 3 aromatic rings. The second-order valence-corrected chi connectivity index (χ2v) is 4.43. The van der Waals surface area contributed by atoms with Crippen molar-refractivity contribution in [2.45, 2.75) is 13.5 Å². The van der Waals surface area contributed by atoms with E-state index in [2.05, 4.69) is 20.6 Å². The van der Waals surface area contributed by atoms with Crippen molar-refractivity contribution in [3.63, 3.8) is 0 Å². The molecule has 0 bridgehead atoms. The van der Waals surface area contributed by atoms with Gasteiger partial charge < -0.3 is 10.3 Å². The van der Waals surface area contributed by atoms with Crippen LogP contribution in [0.1, 0.15) is 11.3 Å². The average molecular weight is 238 g/mol. The maximum atomic E-state index is 5.74. The first kappa shape index (κ1) is 10.8. The first-order valence-corrected chi connectivity index (χ1v) is 5.84. The number of imidazole rings is 1. The third kappa shape index (κ3) is 1.93. The molecule has 0 radical (unpaired) electrons. The van der Waals surface area contributed by atoms with Crippen LogP contribution in [0.3, 0.4) is 0 Å². The Hall–Kier alpha value is -2.36. The second kappa shape index (κ2) is 4.14. The lowest BCUT2D eigenvalue weighted by molar-refractivity contribution is 0.818. The van der Waals surface area contributed by atoms with Crippen molar-refractivity contribution in [3.8, 4) is 0 Å². The minimum atomic E-state index is 0.741. The number of benzene rings is 1. The third-order valence-electron chi connectivity index (χ3n) is 2.97. The lowest BCUT2D eigenvalue weighted by Gasteiger charge is -2.04. The van der Waals surface area contributed by atoms with Gasteiger partial charge in [-0.25, -0.2) is 4.98 Å². The average Bonchev–Trinajstić information content (AvgIpc) is 2.74. The molecular weight excluding hydrogens is 224 g/mol. The maximum absolute atomic E-state index is 5.74. The van der Waals surface area contributed by atoms with Crippen LogP contribution in [0, 0.1) is 6.92 Å². The second-order valence-electron chi connectivity index (χ2n) is 4.43. The SMILES string of the molecule is Cc1ccc(Cn2cnc3cc(N)ccc32)cn1. The molecule has 0 fully saturated rings. The first-order valence-electron chi connectivity index (χ1n) is 5.84. The van der Waals surface area contributed by atoms with Crippen molar-refractivity contribution in [3.05, 3.63) is 54.1 Å². The monoisotopic (exact) mass is 238 g/mol. The van der Waals surface area contributed by atoms with E-state index in [9.17, 15) is 0 Å². The molecule has 0 aliphatic heterocycles. The fourth-order valence-electron chi connectivity index (χ4n) is 2.00. The third-order valence-corrected chi connectivity index (χ3v) is 2.97. The Morgan fingerprint density at radius 3 is 2.83 bits per heavy atom. The van der Waals surface area contributed by atoms with Crippen LogP contribution in [0.4, 0.5) is 5.69 Å². The summed E-state index contributed by atoms with van der Waals surface area (Å²) in [7, 11) is 0. The number of nitrogens with two attached hydrogens (primary N) is 1. The molecule has 2 heterocycles. The molecular formula is C14H14N4. The Balaban J connectivity index is 1.97. The summed E-state index contributed by atoms with van der Waals surface area (Å²) in [5.74, 6) is 0. The summed E-state index contributed by atoms with van der Waals surface area (Å²) in [6.45, 7) is 2.76. The van der Waals surface area contributed by atoms with Gasteiger partial charge in [-0.1, -0.05) is 6.07 Å². The topological polar surface area (TPSA) is 56.7 Å². The highest BCUT2D eigenvalue weighted by Crippen LogP contribution is 2.17. The summed E-state index contributed by atoms with van der Waals surface area (Å²) in [6.07, 6.45) is 3.74. The van der Waals surface area contributed by atoms with Crippen LogP contribution >= 0.6 is 0 Å². The quantitative estimate of drug-likeness (QED) is 0.697. The molecule has 90 valence electrons. The Morgan fingerprint density at radius 2 is 2.06 bits per heavy atom. The lowest BCUT2D eigenvalue weighted by Crippen LogP contribution is -1.98. The van der Waals surface area contributed by atoms with Gasteiger partial charge in [-0.05, 0) is 36.8 Å². The standard InChI is InChI=1S/C14H14N4/c1-10-2-3-11(7-16-10)8-18-9-17-13-6-12(15)4-5-14(13)18/h2-7,9H,8,15H2,1H3. The zero-order chi connectivity index (χ0) is 12.5. The van der Waals surface area contributed by atoms with Crippen molar-refractivity contribution in [1.29, 1.82) is 0 Å². The van der Waals surface area contributed by atoms with E-state index in [1.807, 2.05) is 43.7 Å². The largest absolute Gasteiger partial charge is 0.399 e. The molecule has 18 heavy (non-hydrogen) atoms. The highest BCUT2D eigenvalue weighted by atomic mass is 15.0. The highest BCUT2D eigenvalue weighted by Gasteiger charge is 2.03. The van der Waals surface area contributed by atoms with Gasteiger partial charge in [0.1, 0.15) is 0 Å². The van der Waals surface area contributed by atoms with Crippen LogP contribution in [-0.2, 0) is 6.54 Å². The summed E-state index contributed by atoms with van der Waals surface area (Å²) in [6, 6.07) is 9.89. The summed E-state index contributed by atoms with van der Waals surface area (Å²) in [5.41, 5.74) is 10.7. The molecule has 4 heteroatoms. The zero-order valence-corrected chi connectivity index (χ0v) is 10.2. The van der Waals surface area contributed by atoms with Gasteiger partial charge in [0.05, 0.1) is 23.9 Å². The molecule has 0 saturated carbocycles. The molecule has 2 aromatic heterocycles. The van der Waals surface area contributed by atoms with Crippen LogP contribution in [0.2, 0.25) is 0 Å². The number of hydrogen-bond acceptors (Lipinski definition) is 3. The Bertz CT molecular complexity index is 683. The lowest BCUT2D eigenvalue weighted by atomic mass is 10.2. The molecule has 0 atom stereocenters. The number of fused-ring (bicyclic) bond motifs is 1. The van der Waals surface area contributed by atoms with Gasteiger partial charge in [-0.2, -0.15) is 0 Å². The first-order chi connectivity index (χ1) is 8.72. The predicted octanol–water partition coefficient (Wildman–Crippen LogP) is 2.37. The highest BCUT2D eigenvalue weighted by molar-refractivity contribution is 5.79. The molecule has 0 saturated heterocycles. The number of nitrogens with zero attached hydrogens (tertiary/aromatic N) is 3. The van der Waals surface area contributed by atoms with Crippen molar-refractivity contribution < 1.29 is 0 Å². The van der Waals surface area contributed by atoms with Crippen molar-refractivity contribution in [2.75, 3.05) is 5.73 Å². The maximum Gasteiger partial charge on any atom is 0.0961 e. The van der Waals surface area contributed by atoms with Gasteiger partial charge in [-0.15, -0.1) is 0 Å². The number of rotatable bonds is 2. The fraction of sp³-hybridized carbons (Fsp3) is 0.143. The zero-order valence-electron chi connectivity index (χ0n) is 10.2. The van der Waals surface area contributed by atoms with E-state index >= 15 is 0 Å². The Morgan fingerprint density at radius 1 is 1.17 bits per heavy atom. The Labute approximate surface area is 105 Å². The number of hydrogen-bond donors (Lipinski definition) is 1. The van der Waals surface area contributed by atoms with Gasteiger partial charge in [0.25, 0.3) is 0 Å². The molecule has 4 nitrogen and oxygen atoms in total. The predicted molar refractivity (Wildman–Crippen MR) is 72.2 cm³/mol. The smallest absolute Gasteiger partial charge is 0.0961 e. The number of nitrogen functional groups attached to an aromatic ring is 1. The molecule has 2 N–H and O–H groups in total. The van der Waals surface area contributed by atoms with Gasteiger partial charge >= 0.3 is 0 Å². The van der Waals surface area contributed by atoms with Gasteiger partial charge in [0.15, 0.2) is 0 Å². The van der Waals surface area contributed by atoms with E-state index in [0.29, 0.717) is 0 Å². The van der Waals surface area contributed by atoms with Gasteiger partial charge in [0, 0.05) is 17.6 Å². The van der Waals surface area contributed by atoms with Crippen LogP contribution in [-0.4, -0.2) is 14.5 Å². The van der Waals surface area contributed by atoms with E-state index in [4.69, 9.17) is 5.73 Å². The molecule has 1 aromatic carbocycles. The minimum Gasteiger partial charge on any atom is -0.399 e. The number of aromatic nitrogens is 3. The number of aryl methyl sites for hydroxylation is 1. The molecule has 0 unspecified atom stereocenters. The summed E-state index contributed by atoms with van der Waals surface area (Å²) in [5, 5.41) is 0. The summed E-state index contributed by atoms with van der Waals surface area (Å²) < 4.78 is 2.10. The molecule has 0 amide bonds. The number of pyridine rings is 1. The van der Waals surface area contributed by atoms with E-state index in [0.717, 1.165) is 34.5 Å². The van der Waals surface area contributed by atoms with Gasteiger partial charge in [-0.3, -0.25) is 4.98 Å². The summed E-state index contributed by atoms with van der Waals surface area (Å²) in [4.78, 5) is 8.66. The Kier molecular flexibility index (Phi) is 2.48. The van der Waals surface area contributed by atoms with Crippen molar-refractivity contribution in [1.82, 2.24) is 14.5 Å². The summed E-state index contributed by atoms with van der Waals surface area (Å²) >= 11 is 0. The van der Waals surface area contributed by atoms with Crippen LogP contribution in [0.25, 0.3) is 11.0 Å². The van der Waals surface area contributed by atoms with Gasteiger partial charge in [0.2, 0.25) is 0 Å². The molecule has 0 aliphatic rings. The van der Waals surface area contributed by atoms with E-state index in [1.165, 1.54) is 0 Å². The molecule has 0 spiro atoms. The van der Waals surface area contributed by atoms with E-state index < -0.39 is 0 Å². The van der Waals surface area contributed by atoms with Crippen molar-refractivity contribution >= 4 is 16.7 Å². The minimum absolute atomic E-state index is 0.741. The molecule has 3 rings (SSSR count). The molecule has 0 aliphatic carbocycles.